The van der Waals surface area contributed by atoms with Crippen LogP contribution in [0.1, 0.15) is 36.5 Å². The summed E-state index contributed by atoms with van der Waals surface area (Å²) < 4.78 is 0. The lowest BCUT2D eigenvalue weighted by Crippen LogP contribution is -2.42. The number of thioether (sulfide) groups is 1. The average Bonchev–Trinajstić information content (AvgIpc) is 3.02. The van der Waals surface area contributed by atoms with Gasteiger partial charge in [0.25, 0.3) is 0 Å². The van der Waals surface area contributed by atoms with E-state index in [1.165, 1.54) is 22.2 Å². The van der Waals surface area contributed by atoms with Crippen LogP contribution in [0.2, 0.25) is 0 Å². The molecule has 0 unspecified atom stereocenters. The van der Waals surface area contributed by atoms with Crippen LogP contribution < -0.4 is 11.1 Å². The van der Waals surface area contributed by atoms with Gasteiger partial charge in [-0.3, -0.25) is 10.1 Å². The first-order chi connectivity index (χ1) is 11.4. The van der Waals surface area contributed by atoms with Crippen LogP contribution in [0, 0.1) is 12.8 Å². The molecule has 1 aliphatic carbocycles. The summed E-state index contributed by atoms with van der Waals surface area (Å²) in [6.07, 6.45) is 3.29. The smallest absolute Gasteiger partial charge is 0.318 e. The number of aryl methyl sites for hydroxylation is 3. The molecule has 0 radical (unpaired) electrons. The molecular formula is C16H20N4O2S2. The second kappa shape index (κ2) is 6.68. The summed E-state index contributed by atoms with van der Waals surface area (Å²) in [5.41, 5.74) is 6.42. The number of primary amides is 1. The maximum atomic E-state index is 12.3. The third-order valence-corrected chi connectivity index (χ3v) is 6.71. The number of rotatable bonds is 4. The third kappa shape index (κ3) is 3.25. The van der Waals surface area contributed by atoms with Crippen molar-refractivity contribution in [1.29, 1.82) is 0 Å². The monoisotopic (exact) mass is 364 g/mol. The maximum absolute atomic E-state index is 12.3. The molecule has 3 amide bonds. The Hall–Kier alpha value is -1.67. The van der Waals surface area contributed by atoms with Crippen molar-refractivity contribution in [2.75, 3.05) is 0 Å². The highest BCUT2D eigenvalue weighted by Crippen LogP contribution is 2.42. The van der Waals surface area contributed by atoms with Crippen LogP contribution in [0.25, 0.3) is 10.2 Å². The summed E-state index contributed by atoms with van der Waals surface area (Å²) in [7, 11) is 0. The topological polar surface area (TPSA) is 98.0 Å². The number of nitrogens with two attached hydrogens (primary N) is 1. The Morgan fingerprint density at radius 2 is 2.04 bits per heavy atom. The average molecular weight is 364 g/mol. The number of hydrogen-bond donors (Lipinski definition) is 2. The molecule has 0 bridgehead atoms. The third-order valence-electron chi connectivity index (χ3n) is 3.99. The van der Waals surface area contributed by atoms with E-state index in [1.807, 2.05) is 20.8 Å². The zero-order chi connectivity index (χ0) is 17.4. The lowest BCUT2D eigenvalue weighted by atomic mass is 10.1. The van der Waals surface area contributed by atoms with Gasteiger partial charge in [0.05, 0.1) is 5.25 Å². The van der Waals surface area contributed by atoms with Crippen molar-refractivity contribution >= 4 is 45.3 Å². The molecule has 0 saturated carbocycles. The van der Waals surface area contributed by atoms with E-state index in [4.69, 9.17) is 5.73 Å². The van der Waals surface area contributed by atoms with Crippen LogP contribution in [0.15, 0.2) is 5.03 Å². The lowest BCUT2D eigenvalue weighted by molar-refractivity contribution is -0.120. The molecule has 128 valence electrons. The molecule has 6 nitrogen and oxygen atoms in total. The standard InChI is InChI=1S/C16H20N4O2S2/c1-7(2)12(13(21)20-16(17)22)24-15-11-9-5-4-6-10(9)23-14(11)18-8(3)19-15/h7,12H,4-6H2,1-3H3,(H3,17,20,21,22)/t12-/m1/s1. The van der Waals surface area contributed by atoms with Gasteiger partial charge in [0.1, 0.15) is 15.7 Å². The highest BCUT2D eigenvalue weighted by molar-refractivity contribution is 8.00. The Morgan fingerprint density at radius 1 is 1.29 bits per heavy atom. The SMILES string of the molecule is Cc1nc(S[C@@H](C(=O)NC(N)=O)C(C)C)c2c3c(sc2n1)CCC3. The number of urea groups is 1. The predicted octanol–water partition coefficient (Wildman–Crippen LogP) is 2.80. The van der Waals surface area contributed by atoms with Gasteiger partial charge in [-0.25, -0.2) is 14.8 Å². The molecule has 8 heteroatoms. The van der Waals surface area contributed by atoms with Gasteiger partial charge >= 0.3 is 6.03 Å². The minimum absolute atomic E-state index is 0.0337. The van der Waals surface area contributed by atoms with Crippen molar-refractivity contribution in [3.8, 4) is 0 Å². The van der Waals surface area contributed by atoms with Crippen molar-refractivity contribution in [3.63, 3.8) is 0 Å². The second-order valence-electron chi connectivity index (χ2n) is 6.25. The number of thiophene rings is 1. The van der Waals surface area contributed by atoms with Crippen LogP contribution in [0.3, 0.4) is 0 Å². The van der Waals surface area contributed by atoms with E-state index in [1.54, 1.807) is 11.3 Å². The van der Waals surface area contributed by atoms with E-state index in [-0.39, 0.29) is 11.8 Å². The number of fused-ring (bicyclic) bond motifs is 3. The summed E-state index contributed by atoms with van der Waals surface area (Å²) in [5, 5.41) is 3.67. The highest BCUT2D eigenvalue weighted by Gasteiger charge is 2.28. The molecule has 3 N–H and O–H groups in total. The number of aromatic nitrogens is 2. The number of amides is 3. The van der Waals surface area contributed by atoms with Crippen molar-refractivity contribution in [1.82, 2.24) is 15.3 Å². The van der Waals surface area contributed by atoms with E-state index in [9.17, 15) is 9.59 Å². The number of hydrogen-bond acceptors (Lipinski definition) is 6. The van der Waals surface area contributed by atoms with Crippen molar-refractivity contribution < 1.29 is 9.59 Å². The number of nitrogens with one attached hydrogen (secondary N) is 1. The largest absolute Gasteiger partial charge is 0.351 e. The van der Waals surface area contributed by atoms with Crippen LogP contribution in [0.5, 0.6) is 0 Å². The highest BCUT2D eigenvalue weighted by atomic mass is 32.2. The van der Waals surface area contributed by atoms with Crippen LogP contribution in [-0.2, 0) is 17.6 Å². The molecule has 0 saturated heterocycles. The fraction of sp³-hybridized carbons (Fsp3) is 0.500. The summed E-state index contributed by atoms with van der Waals surface area (Å²) in [6.45, 7) is 5.76. The van der Waals surface area contributed by atoms with Gasteiger partial charge in [0.15, 0.2) is 0 Å². The zero-order valence-corrected chi connectivity index (χ0v) is 15.5. The van der Waals surface area contributed by atoms with Gasteiger partial charge in [-0.1, -0.05) is 25.6 Å². The van der Waals surface area contributed by atoms with E-state index in [0.717, 1.165) is 34.5 Å². The summed E-state index contributed by atoms with van der Waals surface area (Å²) in [5.74, 6) is 0.355. The maximum Gasteiger partial charge on any atom is 0.318 e. The lowest BCUT2D eigenvalue weighted by Gasteiger charge is -2.19. The molecule has 0 spiro atoms. The Bertz CT molecular complexity index is 816. The second-order valence-corrected chi connectivity index (χ2v) is 8.46. The first-order valence-electron chi connectivity index (χ1n) is 7.92. The van der Waals surface area contributed by atoms with Gasteiger partial charge in [0, 0.05) is 10.3 Å². The van der Waals surface area contributed by atoms with E-state index >= 15 is 0 Å². The molecule has 2 heterocycles. The summed E-state index contributed by atoms with van der Waals surface area (Å²) >= 11 is 3.13. The van der Waals surface area contributed by atoms with Crippen molar-refractivity contribution in [2.45, 2.75) is 50.3 Å². The Kier molecular flexibility index (Phi) is 4.78. The Labute approximate surface area is 148 Å². The van der Waals surface area contributed by atoms with Gasteiger partial charge < -0.3 is 5.73 Å². The molecule has 0 fully saturated rings. The van der Waals surface area contributed by atoms with Crippen molar-refractivity contribution in [2.24, 2.45) is 11.7 Å². The predicted molar refractivity (Wildman–Crippen MR) is 96.4 cm³/mol. The van der Waals surface area contributed by atoms with Gasteiger partial charge in [-0.15, -0.1) is 11.3 Å². The molecule has 2 aromatic heterocycles. The molecular weight excluding hydrogens is 344 g/mol. The summed E-state index contributed by atoms with van der Waals surface area (Å²) in [4.78, 5) is 34.9. The first kappa shape index (κ1) is 17.2. The van der Waals surface area contributed by atoms with Gasteiger partial charge in [0.2, 0.25) is 5.91 Å². The fourth-order valence-corrected chi connectivity index (χ4v) is 5.53. The normalized spacial score (nSPS) is 14.8. The number of carbonyl (C=O) groups is 2. The van der Waals surface area contributed by atoms with Gasteiger partial charge in [-0.05, 0) is 37.7 Å². The van der Waals surface area contributed by atoms with Crippen molar-refractivity contribution in [3.05, 3.63) is 16.3 Å². The molecule has 24 heavy (non-hydrogen) atoms. The first-order valence-corrected chi connectivity index (χ1v) is 9.62. The fourth-order valence-electron chi connectivity index (χ4n) is 2.95. The number of carbonyl (C=O) groups excluding carboxylic acids is 2. The number of nitrogens with zero attached hydrogens (tertiary/aromatic N) is 2. The molecule has 0 aromatic carbocycles. The Balaban J connectivity index is 2.01. The molecule has 0 aliphatic heterocycles. The quantitative estimate of drug-likeness (QED) is 0.642. The van der Waals surface area contributed by atoms with Crippen LogP contribution in [0.4, 0.5) is 4.79 Å². The van der Waals surface area contributed by atoms with Crippen LogP contribution in [-0.4, -0.2) is 27.2 Å². The molecule has 1 atom stereocenters. The van der Waals surface area contributed by atoms with Gasteiger partial charge in [-0.2, -0.15) is 0 Å². The Morgan fingerprint density at radius 3 is 2.71 bits per heavy atom. The van der Waals surface area contributed by atoms with Crippen LogP contribution >= 0.6 is 23.1 Å². The van der Waals surface area contributed by atoms with E-state index < -0.39 is 11.3 Å². The number of imide groups is 1. The summed E-state index contributed by atoms with van der Waals surface area (Å²) in [6, 6.07) is -0.827. The molecule has 1 aliphatic rings. The van der Waals surface area contributed by atoms with E-state index in [0.29, 0.717) is 5.82 Å². The minimum Gasteiger partial charge on any atom is -0.351 e. The molecule has 2 aromatic rings. The minimum atomic E-state index is -0.827. The zero-order valence-electron chi connectivity index (χ0n) is 13.9. The van der Waals surface area contributed by atoms with E-state index in [2.05, 4.69) is 15.3 Å². The molecule has 3 rings (SSSR count).